The first-order chi connectivity index (χ1) is 15.0. The molecule has 2 aliphatic rings. The van der Waals surface area contributed by atoms with E-state index in [1.54, 1.807) is 0 Å². The van der Waals surface area contributed by atoms with Gasteiger partial charge in [0.05, 0.1) is 5.39 Å². The number of hydrogen-bond donors (Lipinski definition) is 1. The number of halogens is 1. The lowest BCUT2D eigenvalue weighted by atomic mass is 10.1. The van der Waals surface area contributed by atoms with E-state index in [-0.39, 0.29) is 35.5 Å². The molecule has 31 heavy (non-hydrogen) atoms. The summed E-state index contributed by atoms with van der Waals surface area (Å²) in [6.45, 7) is 1.20. The van der Waals surface area contributed by atoms with Crippen LogP contribution in [0, 0.1) is 5.82 Å². The van der Waals surface area contributed by atoms with E-state index in [2.05, 4.69) is 4.98 Å². The summed E-state index contributed by atoms with van der Waals surface area (Å²) in [7, 11) is 0. The Kier molecular flexibility index (Phi) is 4.94. The Morgan fingerprint density at radius 3 is 2.68 bits per heavy atom. The number of esters is 1. The highest BCUT2D eigenvalue weighted by Crippen LogP contribution is 2.37. The van der Waals surface area contributed by atoms with Gasteiger partial charge < -0.3 is 19.9 Å². The fraction of sp³-hybridized carbons (Fsp3) is 0.348. The molecule has 0 spiro atoms. The quantitative estimate of drug-likeness (QED) is 0.636. The number of aromatic nitrogens is 2. The van der Waals surface area contributed by atoms with E-state index in [9.17, 15) is 14.0 Å². The lowest BCUT2D eigenvalue weighted by Crippen LogP contribution is -2.28. The van der Waals surface area contributed by atoms with E-state index in [0.717, 1.165) is 24.8 Å². The van der Waals surface area contributed by atoms with Crippen LogP contribution in [0.4, 0.5) is 10.2 Å². The van der Waals surface area contributed by atoms with Crippen molar-refractivity contribution in [3.8, 4) is 0 Å². The summed E-state index contributed by atoms with van der Waals surface area (Å²) in [5, 5.41) is 0.0887. The van der Waals surface area contributed by atoms with E-state index in [1.807, 2.05) is 39.8 Å². The first kappa shape index (κ1) is 19.7. The number of carbonyl (C=O) groups is 1. The van der Waals surface area contributed by atoms with Gasteiger partial charge in [-0.15, -0.1) is 0 Å². The summed E-state index contributed by atoms with van der Waals surface area (Å²) in [6, 6.07) is 10.5. The molecule has 2 N–H and O–H groups in total. The second kappa shape index (κ2) is 7.77. The lowest BCUT2D eigenvalue weighted by Gasteiger charge is -2.19. The molecule has 5 rings (SSSR count). The zero-order valence-electron chi connectivity index (χ0n) is 17.0. The molecule has 1 saturated carbocycles. The molecule has 1 aliphatic heterocycles. The van der Waals surface area contributed by atoms with Crippen molar-refractivity contribution in [1.82, 2.24) is 9.55 Å². The van der Waals surface area contributed by atoms with E-state index in [0.29, 0.717) is 18.7 Å². The van der Waals surface area contributed by atoms with Gasteiger partial charge in [-0.1, -0.05) is 30.3 Å². The second-order valence-electron chi connectivity index (χ2n) is 8.23. The number of anilines is 1. The van der Waals surface area contributed by atoms with Crippen LogP contribution in [-0.2, 0) is 11.3 Å². The van der Waals surface area contributed by atoms with Crippen LogP contribution in [0.2, 0.25) is 0 Å². The standard InChI is InChI=1S/C23H23FN4O3/c24-19-10-17-20(29)18(23(30)31-13-14-4-2-1-3-5-14)12-28(16-6-7-16)21(17)26-22(19)27-9-8-15(25)11-27/h1-5,10,12,15-16H,6-9,11,13,25H2. The summed E-state index contributed by atoms with van der Waals surface area (Å²) in [5.41, 5.74) is 6.50. The summed E-state index contributed by atoms with van der Waals surface area (Å²) >= 11 is 0. The van der Waals surface area contributed by atoms with Gasteiger partial charge in [-0.3, -0.25) is 4.79 Å². The number of hydrogen-bond acceptors (Lipinski definition) is 6. The highest BCUT2D eigenvalue weighted by atomic mass is 19.1. The van der Waals surface area contributed by atoms with Crippen molar-refractivity contribution in [3.63, 3.8) is 0 Å². The van der Waals surface area contributed by atoms with Crippen molar-refractivity contribution in [2.75, 3.05) is 18.0 Å². The van der Waals surface area contributed by atoms with Gasteiger partial charge in [0.1, 0.15) is 17.8 Å². The van der Waals surface area contributed by atoms with Gasteiger partial charge in [0.15, 0.2) is 11.6 Å². The highest BCUT2D eigenvalue weighted by molar-refractivity contribution is 5.93. The molecule has 1 atom stereocenters. The number of nitrogens with zero attached hydrogens (tertiary/aromatic N) is 3. The number of nitrogens with two attached hydrogens (primary N) is 1. The first-order valence-electron chi connectivity index (χ1n) is 10.5. The van der Waals surface area contributed by atoms with Gasteiger partial charge in [0.25, 0.3) is 0 Å². The minimum absolute atomic E-state index is 0.0238. The number of pyridine rings is 2. The number of rotatable bonds is 5. The van der Waals surface area contributed by atoms with E-state index < -0.39 is 17.2 Å². The Morgan fingerprint density at radius 2 is 2.00 bits per heavy atom. The molecule has 7 nitrogen and oxygen atoms in total. The Morgan fingerprint density at radius 1 is 1.23 bits per heavy atom. The Bertz CT molecular complexity index is 1210. The molecular formula is C23H23FN4O3. The van der Waals surface area contributed by atoms with Crippen molar-refractivity contribution in [1.29, 1.82) is 0 Å². The molecule has 3 aromatic rings. The van der Waals surface area contributed by atoms with Crippen molar-refractivity contribution < 1.29 is 13.9 Å². The van der Waals surface area contributed by atoms with Crippen molar-refractivity contribution >= 4 is 22.8 Å². The van der Waals surface area contributed by atoms with Gasteiger partial charge in [-0.25, -0.2) is 14.2 Å². The van der Waals surface area contributed by atoms with Crippen LogP contribution < -0.4 is 16.1 Å². The number of fused-ring (bicyclic) bond motifs is 1. The number of ether oxygens (including phenoxy) is 1. The fourth-order valence-electron chi connectivity index (χ4n) is 4.02. The number of benzene rings is 1. The van der Waals surface area contributed by atoms with Crippen LogP contribution in [0.5, 0.6) is 0 Å². The second-order valence-corrected chi connectivity index (χ2v) is 8.23. The predicted octanol–water partition coefficient (Wildman–Crippen LogP) is 2.76. The van der Waals surface area contributed by atoms with Crippen molar-refractivity contribution in [2.24, 2.45) is 5.73 Å². The largest absolute Gasteiger partial charge is 0.457 e. The summed E-state index contributed by atoms with van der Waals surface area (Å²) < 4.78 is 22.1. The average Bonchev–Trinajstić information content (AvgIpc) is 3.53. The topological polar surface area (TPSA) is 90.4 Å². The molecule has 0 radical (unpaired) electrons. The van der Waals surface area contributed by atoms with Gasteiger partial charge >= 0.3 is 5.97 Å². The summed E-state index contributed by atoms with van der Waals surface area (Å²) in [4.78, 5) is 32.1. The van der Waals surface area contributed by atoms with Gasteiger partial charge in [0.2, 0.25) is 5.43 Å². The molecule has 2 fully saturated rings. The van der Waals surface area contributed by atoms with E-state index in [4.69, 9.17) is 10.5 Å². The molecule has 0 bridgehead atoms. The van der Waals surface area contributed by atoms with Gasteiger partial charge in [0, 0.05) is 31.4 Å². The van der Waals surface area contributed by atoms with E-state index >= 15 is 0 Å². The minimum atomic E-state index is -0.722. The maximum Gasteiger partial charge on any atom is 0.344 e. The Labute approximate surface area is 178 Å². The molecule has 0 amide bonds. The van der Waals surface area contributed by atoms with Crippen molar-refractivity contribution in [3.05, 3.63) is 69.8 Å². The maximum atomic E-state index is 14.9. The Balaban J connectivity index is 1.54. The van der Waals surface area contributed by atoms with Gasteiger partial charge in [-0.2, -0.15) is 0 Å². The first-order valence-corrected chi connectivity index (χ1v) is 10.5. The normalized spacial score (nSPS) is 18.5. The highest BCUT2D eigenvalue weighted by Gasteiger charge is 2.30. The maximum absolute atomic E-state index is 14.9. The predicted molar refractivity (Wildman–Crippen MR) is 115 cm³/mol. The fourth-order valence-corrected chi connectivity index (χ4v) is 4.02. The smallest absolute Gasteiger partial charge is 0.344 e. The third-order valence-corrected chi connectivity index (χ3v) is 5.84. The van der Waals surface area contributed by atoms with Crippen molar-refractivity contribution in [2.45, 2.75) is 38.0 Å². The lowest BCUT2D eigenvalue weighted by molar-refractivity contribution is 0.0470. The van der Waals surface area contributed by atoms with Crippen LogP contribution >= 0.6 is 0 Å². The molecule has 160 valence electrons. The molecule has 1 unspecified atom stereocenters. The molecule has 3 heterocycles. The molecule has 1 saturated heterocycles. The van der Waals surface area contributed by atoms with Crippen LogP contribution in [0.3, 0.4) is 0 Å². The third kappa shape index (κ3) is 3.79. The number of carbonyl (C=O) groups excluding carboxylic acids is 1. The monoisotopic (exact) mass is 422 g/mol. The van der Waals surface area contributed by atoms with Crippen LogP contribution in [0.15, 0.2) is 47.4 Å². The van der Waals surface area contributed by atoms with Gasteiger partial charge in [-0.05, 0) is 30.9 Å². The molecule has 8 heteroatoms. The third-order valence-electron chi connectivity index (χ3n) is 5.84. The molecule has 1 aliphatic carbocycles. The Hall–Kier alpha value is -3.26. The molecule has 1 aromatic carbocycles. The molecule has 2 aromatic heterocycles. The van der Waals surface area contributed by atoms with Crippen LogP contribution in [0.25, 0.3) is 11.0 Å². The molecular weight excluding hydrogens is 399 g/mol. The van der Waals surface area contributed by atoms with Crippen LogP contribution in [0.1, 0.15) is 41.2 Å². The summed E-state index contributed by atoms with van der Waals surface area (Å²) in [5.74, 6) is -1.11. The van der Waals surface area contributed by atoms with E-state index in [1.165, 1.54) is 12.3 Å². The summed E-state index contributed by atoms with van der Waals surface area (Å²) in [6.07, 6.45) is 4.11. The minimum Gasteiger partial charge on any atom is -0.457 e. The zero-order valence-corrected chi connectivity index (χ0v) is 17.0. The zero-order chi connectivity index (χ0) is 21.5. The SMILES string of the molecule is NC1CCN(c2nc3c(cc2F)c(=O)c(C(=O)OCc2ccccc2)cn3C2CC2)C1. The average molecular weight is 422 g/mol. The van der Waals surface area contributed by atoms with Crippen LogP contribution in [-0.4, -0.2) is 34.7 Å².